The summed E-state index contributed by atoms with van der Waals surface area (Å²) in [5.74, 6) is 0.220. The highest BCUT2D eigenvalue weighted by Gasteiger charge is 2.31. The molecule has 1 unspecified atom stereocenters. The van der Waals surface area contributed by atoms with Crippen molar-refractivity contribution in [3.8, 4) is 11.9 Å². The Morgan fingerprint density at radius 2 is 2.00 bits per heavy atom. The summed E-state index contributed by atoms with van der Waals surface area (Å²) in [5.41, 5.74) is 1.32. The summed E-state index contributed by atoms with van der Waals surface area (Å²) in [7, 11) is 0. The van der Waals surface area contributed by atoms with Gasteiger partial charge in [-0.2, -0.15) is 5.26 Å². The standard InChI is InChI=1S/C21H20Cl2N6O2/c22-16-8-3-13(10-17(16)23)20(25)18(29-9-1-2-19(29)31)11-26-21(27-12-24)28-14-4-6-15(30)7-5-14/h3-8,10,18,25,30H,1-2,9,11H2,(H2,26,27,28). The van der Waals surface area contributed by atoms with Crippen molar-refractivity contribution in [3.05, 3.63) is 58.1 Å². The Balaban J connectivity index is 1.86. The molecule has 0 spiro atoms. The molecule has 0 radical (unpaired) electrons. The smallest absolute Gasteiger partial charge is 0.223 e. The van der Waals surface area contributed by atoms with Crippen LogP contribution >= 0.6 is 23.2 Å². The number of anilines is 1. The van der Waals surface area contributed by atoms with Crippen LogP contribution in [-0.4, -0.2) is 46.7 Å². The van der Waals surface area contributed by atoms with Gasteiger partial charge in [-0.05, 0) is 48.4 Å². The molecule has 2 aromatic rings. The summed E-state index contributed by atoms with van der Waals surface area (Å²) in [6.07, 6.45) is 2.95. The maximum absolute atomic E-state index is 12.4. The second kappa shape index (κ2) is 10.2. The van der Waals surface area contributed by atoms with Gasteiger partial charge in [0.05, 0.1) is 28.3 Å². The maximum Gasteiger partial charge on any atom is 0.223 e. The molecular formula is C21H20Cl2N6O2. The fraction of sp³-hybridized carbons (Fsp3) is 0.238. The molecule has 0 saturated carbocycles. The second-order valence-electron chi connectivity index (χ2n) is 6.85. The minimum absolute atomic E-state index is 0.0497. The molecule has 0 bridgehead atoms. The van der Waals surface area contributed by atoms with Crippen LogP contribution in [0.2, 0.25) is 10.0 Å². The molecule has 2 aromatic carbocycles. The molecule has 160 valence electrons. The van der Waals surface area contributed by atoms with E-state index in [4.69, 9.17) is 33.9 Å². The number of likely N-dealkylation sites (tertiary alicyclic amines) is 1. The van der Waals surface area contributed by atoms with Crippen LogP contribution in [0.25, 0.3) is 0 Å². The first-order chi connectivity index (χ1) is 14.9. The number of hydrogen-bond acceptors (Lipinski definition) is 5. The van der Waals surface area contributed by atoms with Crippen LogP contribution in [-0.2, 0) is 4.79 Å². The van der Waals surface area contributed by atoms with Gasteiger partial charge in [0.15, 0.2) is 6.19 Å². The van der Waals surface area contributed by atoms with Crippen LogP contribution in [0.1, 0.15) is 18.4 Å². The average Bonchev–Trinajstić information content (AvgIpc) is 3.17. The summed E-state index contributed by atoms with van der Waals surface area (Å²) in [4.78, 5) is 18.4. The topological polar surface area (TPSA) is 125 Å². The van der Waals surface area contributed by atoms with Gasteiger partial charge in [-0.3, -0.25) is 10.1 Å². The lowest BCUT2D eigenvalue weighted by Crippen LogP contribution is -2.44. The normalized spacial score (nSPS) is 14.8. The van der Waals surface area contributed by atoms with E-state index in [-0.39, 0.29) is 29.9 Å². The van der Waals surface area contributed by atoms with E-state index in [0.29, 0.717) is 40.7 Å². The number of aliphatic imine (C=N–C) groups is 1. The monoisotopic (exact) mass is 458 g/mol. The Morgan fingerprint density at radius 1 is 1.26 bits per heavy atom. The first kappa shape index (κ1) is 22.4. The number of phenolic OH excluding ortho intramolecular Hbond substituents is 1. The molecule has 1 saturated heterocycles. The number of aromatic hydroxyl groups is 1. The predicted octanol–water partition coefficient (Wildman–Crippen LogP) is 3.60. The predicted molar refractivity (Wildman–Crippen MR) is 121 cm³/mol. The lowest BCUT2D eigenvalue weighted by atomic mass is 10.0. The molecule has 1 fully saturated rings. The third kappa shape index (κ3) is 5.66. The van der Waals surface area contributed by atoms with E-state index >= 15 is 0 Å². The number of halogens is 2. The van der Waals surface area contributed by atoms with Gasteiger partial charge in [0.2, 0.25) is 11.9 Å². The van der Waals surface area contributed by atoms with Gasteiger partial charge in [0.1, 0.15) is 5.75 Å². The van der Waals surface area contributed by atoms with Crippen LogP contribution in [0.15, 0.2) is 47.5 Å². The van der Waals surface area contributed by atoms with Crippen LogP contribution < -0.4 is 10.6 Å². The number of amides is 1. The van der Waals surface area contributed by atoms with Crippen LogP contribution in [0.4, 0.5) is 5.69 Å². The van der Waals surface area contributed by atoms with Crippen LogP contribution in [0.5, 0.6) is 5.75 Å². The third-order valence-corrected chi connectivity index (χ3v) is 5.52. The van der Waals surface area contributed by atoms with E-state index < -0.39 is 6.04 Å². The zero-order valence-electron chi connectivity index (χ0n) is 16.4. The number of nitriles is 1. The lowest BCUT2D eigenvalue weighted by molar-refractivity contribution is -0.128. The zero-order chi connectivity index (χ0) is 22.4. The first-order valence-corrected chi connectivity index (χ1v) is 10.2. The lowest BCUT2D eigenvalue weighted by Gasteiger charge is -2.27. The minimum atomic E-state index is -0.635. The summed E-state index contributed by atoms with van der Waals surface area (Å²) >= 11 is 12.1. The molecule has 10 heteroatoms. The Kier molecular flexibility index (Phi) is 7.34. The van der Waals surface area contributed by atoms with Gasteiger partial charge in [-0.15, -0.1) is 0 Å². The van der Waals surface area contributed by atoms with Crippen molar-refractivity contribution >= 4 is 46.5 Å². The van der Waals surface area contributed by atoms with E-state index in [1.165, 1.54) is 12.1 Å². The average molecular weight is 459 g/mol. The van der Waals surface area contributed by atoms with Gasteiger partial charge >= 0.3 is 0 Å². The first-order valence-electron chi connectivity index (χ1n) is 9.48. The van der Waals surface area contributed by atoms with Gasteiger partial charge in [0, 0.05) is 18.7 Å². The minimum Gasteiger partial charge on any atom is -0.508 e. The summed E-state index contributed by atoms with van der Waals surface area (Å²) in [5, 5.41) is 33.3. The molecule has 8 nitrogen and oxygen atoms in total. The molecule has 0 aliphatic carbocycles. The number of hydrogen-bond donors (Lipinski definition) is 4. The zero-order valence-corrected chi connectivity index (χ0v) is 17.9. The highest BCUT2D eigenvalue weighted by Crippen LogP contribution is 2.25. The van der Waals surface area contributed by atoms with E-state index in [1.54, 1.807) is 35.2 Å². The molecule has 1 aliphatic heterocycles. The second-order valence-corrected chi connectivity index (χ2v) is 7.66. The van der Waals surface area contributed by atoms with Crippen molar-refractivity contribution in [1.82, 2.24) is 10.2 Å². The van der Waals surface area contributed by atoms with E-state index in [1.807, 2.05) is 6.19 Å². The SMILES string of the molecule is N#CNC(=NCC(C(=N)c1ccc(Cl)c(Cl)c1)N1CCCC1=O)Nc1ccc(O)cc1. The third-order valence-electron chi connectivity index (χ3n) is 4.78. The van der Waals surface area contributed by atoms with Gasteiger partial charge < -0.3 is 20.7 Å². The molecule has 0 aromatic heterocycles. The number of nitrogens with one attached hydrogen (secondary N) is 3. The van der Waals surface area contributed by atoms with Gasteiger partial charge in [0.25, 0.3) is 0 Å². The molecule has 3 rings (SSSR count). The highest BCUT2D eigenvalue weighted by atomic mass is 35.5. The summed E-state index contributed by atoms with van der Waals surface area (Å²) < 4.78 is 0. The van der Waals surface area contributed by atoms with E-state index in [2.05, 4.69) is 15.6 Å². The Morgan fingerprint density at radius 3 is 2.61 bits per heavy atom. The highest BCUT2D eigenvalue weighted by molar-refractivity contribution is 6.42. The molecule has 1 atom stereocenters. The number of phenols is 1. The number of carbonyl (C=O) groups is 1. The molecule has 31 heavy (non-hydrogen) atoms. The Labute approximate surface area is 189 Å². The van der Waals surface area contributed by atoms with Crippen LogP contribution in [0.3, 0.4) is 0 Å². The van der Waals surface area contributed by atoms with Crippen molar-refractivity contribution in [2.24, 2.45) is 4.99 Å². The number of guanidine groups is 1. The van der Waals surface area contributed by atoms with Gasteiger partial charge in [-0.1, -0.05) is 29.3 Å². The number of rotatable bonds is 6. The van der Waals surface area contributed by atoms with Crippen molar-refractivity contribution in [2.75, 3.05) is 18.4 Å². The maximum atomic E-state index is 12.4. The fourth-order valence-electron chi connectivity index (χ4n) is 3.22. The largest absolute Gasteiger partial charge is 0.508 e. The molecule has 1 aliphatic rings. The molecule has 1 amide bonds. The fourth-order valence-corrected chi connectivity index (χ4v) is 3.52. The molecule has 1 heterocycles. The summed E-state index contributed by atoms with van der Waals surface area (Å²) in [6.45, 7) is 0.578. The van der Waals surface area contributed by atoms with Crippen molar-refractivity contribution < 1.29 is 9.90 Å². The number of nitrogens with zero attached hydrogens (tertiary/aromatic N) is 3. The van der Waals surface area contributed by atoms with E-state index in [9.17, 15) is 9.90 Å². The summed E-state index contributed by atoms with van der Waals surface area (Å²) in [6, 6.07) is 10.5. The molecule has 4 N–H and O–H groups in total. The van der Waals surface area contributed by atoms with Crippen molar-refractivity contribution in [1.29, 1.82) is 10.7 Å². The quantitative estimate of drug-likeness (QED) is 0.173. The van der Waals surface area contributed by atoms with E-state index in [0.717, 1.165) is 0 Å². The Hall–Kier alpha value is -3.28. The molecular weight excluding hydrogens is 439 g/mol. The van der Waals surface area contributed by atoms with Gasteiger partial charge in [-0.25, -0.2) is 4.99 Å². The van der Waals surface area contributed by atoms with Crippen molar-refractivity contribution in [2.45, 2.75) is 18.9 Å². The van der Waals surface area contributed by atoms with Crippen molar-refractivity contribution in [3.63, 3.8) is 0 Å². The Bertz CT molecular complexity index is 1050. The number of benzene rings is 2. The van der Waals surface area contributed by atoms with Crippen LogP contribution in [0, 0.1) is 16.9 Å². The number of carbonyl (C=O) groups excluding carboxylic acids is 1.